The third-order valence-electron chi connectivity index (χ3n) is 3.67. The van der Waals surface area contributed by atoms with Gasteiger partial charge in [-0.15, -0.1) is 0 Å². The summed E-state index contributed by atoms with van der Waals surface area (Å²) in [5, 5.41) is 23.7. The van der Waals surface area contributed by atoms with Crippen molar-refractivity contribution in [1.29, 1.82) is 0 Å². The average molecular weight is 292 g/mol. The van der Waals surface area contributed by atoms with E-state index in [-0.39, 0.29) is 18.2 Å². The Bertz CT molecular complexity index is 511. The smallest absolute Gasteiger partial charge is 0.326 e. The number of hydrogen-bond donors (Lipinski definition) is 4. The van der Waals surface area contributed by atoms with Crippen molar-refractivity contribution >= 4 is 12.0 Å². The van der Waals surface area contributed by atoms with Crippen LogP contribution >= 0.6 is 0 Å². The molecule has 1 aliphatic carbocycles. The van der Waals surface area contributed by atoms with Crippen molar-refractivity contribution in [3.05, 3.63) is 29.8 Å². The van der Waals surface area contributed by atoms with Crippen molar-refractivity contribution in [1.82, 2.24) is 10.6 Å². The van der Waals surface area contributed by atoms with Crippen molar-refractivity contribution in [2.24, 2.45) is 5.92 Å². The van der Waals surface area contributed by atoms with Crippen LogP contribution in [-0.2, 0) is 11.2 Å². The van der Waals surface area contributed by atoms with Crippen molar-refractivity contribution in [3.8, 4) is 5.75 Å². The van der Waals surface area contributed by atoms with E-state index in [2.05, 4.69) is 10.6 Å². The summed E-state index contributed by atoms with van der Waals surface area (Å²) in [4.78, 5) is 23.1. The second kappa shape index (κ2) is 6.47. The number of phenolic OH excluding ortho intramolecular Hbond substituents is 1. The van der Waals surface area contributed by atoms with E-state index in [1.165, 1.54) is 12.1 Å². The van der Waals surface area contributed by atoms with E-state index in [9.17, 15) is 19.8 Å². The topological polar surface area (TPSA) is 98.7 Å². The quantitative estimate of drug-likeness (QED) is 0.638. The molecule has 1 aromatic rings. The molecule has 0 aromatic heterocycles. The first-order valence-electron chi connectivity index (χ1n) is 7.03. The Morgan fingerprint density at radius 3 is 2.38 bits per heavy atom. The zero-order valence-corrected chi connectivity index (χ0v) is 11.9. The lowest BCUT2D eigenvalue weighted by molar-refractivity contribution is -0.139. The van der Waals surface area contributed by atoms with E-state index in [4.69, 9.17) is 0 Å². The Morgan fingerprint density at radius 2 is 1.86 bits per heavy atom. The van der Waals surface area contributed by atoms with Gasteiger partial charge >= 0.3 is 12.0 Å². The van der Waals surface area contributed by atoms with Gasteiger partial charge in [-0.1, -0.05) is 12.1 Å². The number of benzene rings is 1. The predicted molar refractivity (Wildman–Crippen MR) is 77.1 cm³/mol. The Kier molecular flexibility index (Phi) is 4.67. The molecule has 2 amide bonds. The number of carboxylic acids is 1. The molecule has 21 heavy (non-hydrogen) atoms. The number of carboxylic acid groups (broad SMARTS) is 1. The van der Waals surface area contributed by atoms with Gasteiger partial charge in [-0.25, -0.2) is 9.59 Å². The summed E-state index contributed by atoms with van der Waals surface area (Å²) in [6, 6.07) is 4.86. The number of aromatic hydroxyl groups is 1. The number of nitrogens with one attached hydrogen (secondary N) is 2. The summed E-state index contributed by atoms with van der Waals surface area (Å²) in [7, 11) is 0. The first-order valence-corrected chi connectivity index (χ1v) is 7.03. The second-order valence-electron chi connectivity index (χ2n) is 5.51. The van der Waals surface area contributed by atoms with Gasteiger partial charge in [0.15, 0.2) is 0 Å². The molecule has 1 aliphatic rings. The third-order valence-corrected chi connectivity index (χ3v) is 3.67. The summed E-state index contributed by atoms with van der Waals surface area (Å²) in [5.41, 5.74) is 0.732. The fourth-order valence-electron chi connectivity index (χ4n) is 2.19. The minimum absolute atomic E-state index is 0.0631. The van der Waals surface area contributed by atoms with Crippen LogP contribution in [-0.4, -0.2) is 34.3 Å². The van der Waals surface area contributed by atoms with Crippen LogP contribution in [0.3, 0.4) is 0 Å². The van der Waals surface area contributed by atoms with Gasteiger partial charge in [-0.2, -0.15) is 0 Å². The number of carbonyl (C=O) groups is 2. The summed E-state index contributed by atoms with van der Waals surface area (Å²) in [6.07, 6.45) is 2.38. The Hall–Kier alpha value is -2.24. The Morgan fingerprint density at radius 1 is 1.24 bits per heavy atom. The van der Waals surface area contributed by atoms with Crippen LogP contribution in [0.25, 0.3) is 0 Å². The normalized spacial score (nSPS) is 16.8. The highest BCUT2D eigenvalue weighted by molar-refractivity contribution is 5.82. The summed E-state index contributed by atoms with van der Waals surface area (Å²) >= 11 is 0. The number of rotatable bonds is 6. The van der Waals surface area contributed by atoms with Crippen LogP contribution in [0.15, 0.2) is 24.3 Å². The monoisotopic (exact) mass is 292 g/mol. The SMILES string of the molecule is CC(NC(=O)N[C@@H](Cc1ccc(O)cc1)C(=O)O)C1CC1. The van der Waals surface area contributed by atoms with Gasteiger partial charge in [0.1, 0.15) is 11.8 Å². The van der Waals surface area contributed by atoms with Crippen molar-refractivity contribution in [3.63, 3.8) is 0 Å². The lowest BCUT2D eigenvalue weighted by Crippen LogP contribution is -2.49. The first-order chi connectivity index (χ1) is 9.95. The molecule has 1 saturated carbocycles. The number of urea groups is 1. The number of hydrogen-bond acceptors (Lipinski definition) is 3. The van der Waals surface area contributed by atoms with Gasteiger partial charge in [0.05, 0.1) is 0 Å². The Balaban J connectivity index is 1.90. The molecule has 2 atom stereocenters. The third kappa shape index (κ3) is 4.66. The van der Waals surface area contributed by atoms with Crippen molar-refractivity contribution < 1.29 is 19.8 Å². The summed E-state index contributed by atoms with van der Waals surface area (Å²) in [5.74, 6) is -0.456. The fraction of sp³-hybridized carbons (Fsp3) is 0.467. The molecule has 0 heterocycles. The van der Waals surface area contributed by atoms with E-state index in [1.807, 2.05) is 6.92 Å². The molecular weight excluding hydrogens is 272 g/mol. The maximum Gasteiger partial charge on any atom is 0.326 e. The molecule has 0 saturated heterocycles. The van der Waals surface area contributed by atoms with Crippen molar-refractivity contribution in [2.45, 2.75) is 38.3 Å². The van der Waals surface area contributed by atoms with Crippen LogP contribution < -0.4 is 10.6 Å². The van der Waals surface area contributed by atoms with Gasteiger partial charge in [0.2, 0.25) is 0 Å². The highest BCUT2D eigenvalue weighted by atomic mass is 16.4. The molecule has 1 unspecified atom stereocenters. The van der Waals surface area contributed by atoms with Gasteiger partial charge in [-0.3, -0.25) is 0 Å². The zero-order valence-electron chi connectivity index (χ0n) is 11.9. The van der Waals surface area contributed by atoms with Crippen LogP contribution in [0.5, 0.6) is 5.75 Å². The lowest BCUT2D eigenvalue weighted by Gasteiger charge is -2.18. The summed E-state index contributed by atoms with van der Waals surface area (Å²) in [6.45, 7) is 1.92. The minimum Gasteiger partial charge on any atom is -0.508 e. The molecule has 6 nitrogen and oxygen atoms in total. The number of aliphatic carboxylic acids is 1. The Labute approximate surface area is 123 Å². The molecule has 0 aliphatic heterocycles. The zero-order chi connectivity index (χ0) is 15.4. The molecule has 0 bridgehead atoms. The van der Waals surface area contributed by atoms with Gasteiger partial charge < -0.3 is 20.8 Å². The first kappa shape index (κ1) is 15.2. The number of carbonyl (C=O) groups excluding carboxylic acids is 1. The van der Waals surface area contributed by atoms with Crippen molar-refractivity contribution in [2.75, 3.05) is 0 Å². The molecule has 0 radical (unpaired) electrons. The van der Waals surface area contributed by atoms with Gasteiger partial charge in [0, 0.05) is 12.5 Å². The largest absolute Gasteiger partial charge is 0.508 e. The van der Waals surface area contributed by atoms with Gasteiger partial charge in [-0.05, 0) is 43.4 Å². The van der Waals surface area contributed by atoms with Crippen LogP contribution in [0.1, 0.15) is 25.3 Å². The molecule has 6 heteroatoms. The van der Waals surface area contributed by atoms with Crippen LogP contribution in [0.4, 0.5) is 4.79 Å². The fourth-order valence-corrected chi connectivity index (χ4v) is 2.19. The second-order valence-corrected chi connectivity index (χ2v) is 5.51. The number of amides is 2. The lowest BCUT2D eigenvalue weighted by atomic mass is 10.1. The van der Waals surface area contributed by atoms with Gasteiger partial charge in [0.25, 0.3) is 0 Å². The molecule has 1 fully saturated rings. The highest BCUT2D eigenvalue weighted by Gasteiger charge is 2.29. The molecular formula is C15H20N2O4. The standard InChI is InChI=1S/C15H20N2O4/c1-9(11-4-5-11)16-15(21)17-13(14(19)20)8-10-2-6-12(18)7-3-10/h2-3,6-7,9,11,13,18H,4-5,8H2,1H3,(H,19,20)(H2,16,17,21)/t9?,13-/m0/s1. The maximum atomic E-state index is 11.8. The molecule has 1 aromatic carbocycles. The van der Waals surface area contributed by atoms with E-state index < -0.39 is 18.0 Å². The molecule has 4 N–H and O–H groups in total. The predicted octanol–water partition coefficient (Wildman–Crippen LogP) is 1.49. The van der Waals surface area contributed by atoms with Crippen LogP contribution in [0, 0.1) is 5.92 Å². The van der Waals surface area contributed by atoms with E-state index in [0.717, 1.165) is 18.4 Å². The van der Waals surface area contributed by atoms with Crippen LogP contribution in [0.2, 0.25) is 0 Å². The molecule has 114 valence electrons. The van der Waals surface area contributed by atoms with E-state index in [1.54, 1.807) is 12.1 Å². The maximum absolute atomic E-state index is 11.8. The van der Waals surface area contributed by atoms with E-state index in [0.29, 0.717) is 5.92 Å². The molecule has 2 rings (SSSR count). The highest BCUT2D eigenvalue weighted by Crippen LogP contribution is 2.32. The molecule has 0 spiro atoms. The average Bonchev–Trinajstić information content (AvgIpc) is 3.24. The summed E-state index contributed by atoms with van der Waals surface area (Å²) < 4.78 is 0. The minimum atomic E-state index is -1.09. The van der Waals surface area contributed by atoms with E-state index >= 15 is 0 Å². The number of phenols is 1.